The molecule has 5 nitrogen and oxygen atoms in total. The van der Waals surface area contributed by atoms with Crippen LogP contribution in [0.25, 0.3) is 11.3 Å². The highest BCUT2D eigenvalue weighted by molar-refractivity contribution is 9.10. The lowest BCUT2D eigenvalue weighted by Crippen LogP contribution is -1.93. The molecule has 0 aliphatic rings. The summed E-state index contributed by atoms with van der Waals surface area (Å²) in [5.41, 5.74) is 7.89. The lowest BCUT2D eigenvalue weighted by atomic mass is 10.1. The zero-order valence-corrected chi connectivity index (χ0v) is 9.58. The number of nitrogens with two attached hydrogens (primary N) is 1. The first-order chi connectivity index (χ1) is 7.24. The van der Waals surface area contributed by atoms with Crippen molar-refractivity contribution in [1.82, 2.24) is 15.2 Å². The smallest absolute Gasteiger partial charge is 0.147 e. The second kappa shape index (κ2) is 3.90. The summed E-state index contributed by atoms with van der Waals surface area (Å²) >= 11 is 3.40. The van der Waals surface area contributed by atoms with Gasteiger partial charge in [-0.25, -0.2) is 0 Å². The fourth-order valence-corrected chi connectivity index (χ4v) is 1.82. The van der Waals surface area contributed by atoms with Crippen LogP contribution in [0.3, 0.4) is 0 Å². The van der Waals surface area contributed by atoms with Crippen LogP contribution in [0, 0.1) is 0 Å². The van der Waals surface area contributed by atoms with E-state index in [-0.39, 0.29) is 0 Å². The van der Waals surface area contributed by atoms with Crippen LogP contribution in [-0.2, 0) is 0 Å². The van der Waals surface area contributed by atoms with E-state index >= 15 is 0 Å². The SMILES string of the molecule is COc1cncc(Br)c1-c1[nH]ncc1N. The number of nitrogen functional groups attached to an aromatic ring is 1. The van der Waals surface area contributed by atoms with Crippen LogP contribution in [0.2, 0.25) is 0 Å². The molecule has 0 saturated heterocycles. The minimum Gasteiger partial charge on any atom is -0.494 e. The minimum absolute atomic E-state index is 0.570. The zero-order valence-electron chi connectivity index (χ0n) is 7.99. The normalized spacial score (nSPS) is 10.3. The molecule has 0 bridgehead atoms. The third kappa shape index (κ3) is 1.68. The third-order valence-corrected chi connectivity index (χ3v) is 2.60. The summed E-state index contributed by atoms with van der Waals surface area (Å²) in [5.74, 6) is 0.639. The standard InChI is InChI=1S/C9H9BrN4O/c1-15-7-4-12-2-5(10)8(7)9-6(11)3-13-14-9/h2-4H,11H2,1H3,(H,13,14). The van der Waals surface area contributed by atoms with E-state index in [4.69, 9.17) is 10.5 Å². The van der Waals surface area contributed by atoms with Gasteiger partial charge in [-0.2, -0.15) is 5.10 Å². The summed E-state index contributed by atoms with van der Waals surface area (Å²) in [6, 6.07) is 0. The lowest BCUT2D eigenvalue weighted by molar-refractivity contribution is 0.414. The molecular weight excluding hydrogens is 260 g/mol. The predicted molar refractivity (Wildman–Crippen MR) is 60.5 cm³/mol. The van der Waals surface area contributed by atoms with Crippen molar-refractivity contribution in [2.45, 2.75) is 0 Å². The highest BCUT2D eigenvalue weighted by Crippen LogP contribution is 2.36. The molecule has 3 N–H and O–H groups in total. The van der Waals surface area contributed by atoms with Crippen LogP contribution in [0.4, 0.5) is 5.69 Å². The number of H-pyrrole nitrogens is 1. The van der Waals surface area contributed by atoms with Gasteiger partial charge in [-0.1, -0.05) is 0 Å². The molecule has 0 radical (unpaired) electrons. The van der Waals surface area contributed by atoms with Crippen molar-refractivity contribution < 1.29 is 4.74 Å². The maximum atomic E-state index is 5.77. The van der Waals surface area contributed by atoms with Crippen molar-refractivity contribution >= 4 is 21.6 Å². The molecule has 0 spiro atoms. The number of methoxy groups -OCH3 is 1. The van der Waals surface area contributed by atoms with E-state index in [0.29, 0.717) is 11.4 Å². The summed E-state index contributed by atoms with van der Waals surface area (Å²) in [6.07, 6.45) is 4.86. The average Bonchev–Trinajstić information content (AvgIpc) is 2.64. The van der Waals surface area contributed by atoms with Crippen molar-refractivity contribution in [3.63, 3.8) is 0 Å². The number of pyridine rings is 1. The van der Waals surface area contributed by atoms with E-state index in [2.05, 4.69) is 31.1 Å². The molecule has 2 aromatic heterocycles. The number of ether oxygens (including phenoxy) is 1. The molecule has 0 aliphatic heterocycles. The van der Waals surface area contributed by atoms with Crippen molar-refractivity contribution in [3.05, 3.63) is 23.1 Å². The number of hydrogen-bond donors (Lipinski definition) is 2. The minimum atomic E-state index is 0.570. The van der Waals surface area contributed by atoms with Gasteiger partial charge in [0.2, 0.25) is 0 Å². The Bertz CT molecular complexity index is 483. The molecule has 0 amide bonds. The van der Waals surface area contributed by atoms with E-state index in [1.807, 2.05) is 0 Å². The Morgan fingerprint density at radius 1 is 1.40 bits per heavy atom. The summed E-state index contributed by atoms with van der Waals surface area (Å²) < 4.78 is 6.01. The molecule has 15 heavy (non-hydrogen) atoms. The van der Waals surface area contributed by atoms with Gasteiger partial charge in [0.05, 0.1) is 36.4 Å². The van der Waals surface area contributed by atoms with Gasteiger partial charge in [-0.15, -0.1) is 0 Å². The van der Waals surface area contributed by atoms with E-state index in [1.54, 1.807) is 25.7 Å². The van der Waals surface area contributed by atoms with E-state index in [1.165, 1.54) is 0 Å². The van der Waals surface area contributed by atoms with Gasteiger partial charge >= 0.3 is 0 Å². The average molecular weight is 269 g/mol. The Balaban J connectivity index is 2.66. The number of nitrogens with zero attached hydrogens (tertiary/aromatic N) is 2. The van der Waals surface area contributed by atoms with Gasteiger partial charge in [0.25, 0.3) is 0 Å². The Hall–Kier alpha value is -1.56. The molecule has 2 rings (SSSR count). The van der Waals surface area contributed by atoms with Crippen LogP contribution in [0.5, 0.6) is 5.75 Å². The lowest BCUT2D eigenvalue weighted by Gasteiger charge is -2.08. The Morgan fingerprint density at radius 2 is 2.20 bits per heavy atom. The Kier molecular flexibility index (Phi) is 2.59. The first-order valence-electron chi connectivity index (χ1n) is 4.20. The molecule has 0 saturated carbocycles. The first kappa shape index (κ1) is 9.97. The molecule has 0 unspecified atom stereocenters. The van der Waals surface area contributed by atoms with Gasteiger partial charge in [-0.05, 0) is 15.9 Å². The van der Waals surface area contributed by atoms with Gasteiger partial charge in [0, 0.05) is 10.7 Å². The van der Waals surface area contributed by atoms with E-state index < -0.39 is 0 Å². The first-order valence-corrected chi connectivity index (χ1v) is 5.00. The topological polar surface area (TPSA) is 76.8 Å². The molecule has 2 aromatic rings. The molecule has 0 fully saturated rings. The largest absolute Gasteiger partial charge is 0.494 e. The molecule has 78 valence electrons. The second-order valence-electron chi connectivity index (χ2n) is 2.90. The maximum Gasteiger partial charge on any atom is 0.147 e. The highest BCUT2D eigenvalue weighted by atomic mass is 79.9. The zero-order chi connectivity index (χ0) is 10.8. The van der Waals surface area contributed by atoms with Gasteiger partial charge in [-0.3, -0.25) is 10.1 Å². The summed E-state index contributed by atoms with van der Waals surface area (Å²) in [7, 11) is 1.58. The number of anilines is 1. The van der Waals surface area contributed by atoms with Crippen molar-refractivity contribution in [2.75, 3.05) is 12.8 Å². The Labute approximate surface area is 94.8 Å². The molecule has 0 aromatic carbocycles. The molecule has 0 aliphatic carbocycles. The Morgan fingerprint density at radius 3 is 2.80 bits per heavy atom. The molecule has 6 heteroatoms. The maximum absolute atomic E-state index is 5.77. The predicted octanol–water partition coefficient (Wildman–Crippen LogP) is 1.82. The monoisotopic (exact) mass is 268 g/mol. The number of hydrogen-bond acceptors (Lipinski definition) is 4. The van der Waals surface area contributed by atoms with Crippen LogP contribution in [-0.4, -0.2) is 22.3 Å². The molecule has 2 heterocycles. The van der Waals surface area contributed by atoms with Crippen LogP contribution < -0.4 is 10.5 Å². The highest BCUT2D eigenvalue weighted by Gasteiger charge is 2.14. The fraction of sp³-hybridized carbons (Fsp3) is 0.111. The van der Waals surface area contributed by atoms with Crippen molar-refractivity contribution in [1.29, 1.82) is 0 Å². The van der Waals surface area contributed by atoms with Gasteiger partial charge in [0.1, 0.15) is 5.75 Å². The van der Waals surface area contributed by atoms with Gasteiger partial charge < -0.3 is 10.5 Å². The number of nitrogens with one attached hydrogen (secondary N) is 1. The third-order valence-electron chi connectivity index (χ3n) is 2.00. The fourth-order valence-electron chi connectivity index (χ4n) is 1.31. The number of halogens is 1. The van der Waals surface area contributed by atoms with Crippen molar-refractivity contribution in [3.8, 4) is 17.0 Å². The second-order valence-corrected chi connectivity index (χ2v) is 3.75. The van der Waals surface area contributed by atoms with E-state index in [9.17, 15) is 0 Å². The molecule has 0 atom stereocenters. The summed E-state index contributed by atoms with van der Waals surface area (Å²) in [4.78, 5) is 4.01. The van der Waals surface area contributed by atoms with E-state index in [0.717, 1.165) is 15.7 Å². The summed E-state index contributed by atoms with van der Waals surface area (Å²) in [5, 5.41) is 6.69. The van der Waals surface area contributed by atoms with Crippen LogP contribution in [0.1, 0.15) is 0 Å². The molecular formula is C9H9BrN4O. The van der Waals surface area contributed by atoms with Crippen molar-refractivity contribution in [2.24, 2.45) is 0 Å². The number of aromatic nitrogens is 3. The quantitative estimate of drug-likeness (QED) is 0.871. The van der Waals surface area contributed by atoms with Crippen LogP contribution >= 0.6 is 15.9 Å². The number of aromatic amines is 1. The van der Waals surface area contributed by atoms with Gasteiger partial charge in [0.15, 0.2) is 0 Å². The summed E-state index contributed by atoms with van der Waals surface area (Å²) in [6.45, 7) is 0. The van der Waals surface area contributed by atoms with Crippen LogP contribution in [0.15, 0.2) is 23.1 Å². The number of rotatable bonds is 2.